The molecule has 21 heavy (non-hydrogen) atoms. The van der Waals surface area contributed by atoms with Crippen LogP contribution in [0, 0.1) is 0 Å². The Kier molecular flexibility index (Phi) is 8.79. The highest BCUT2D eigenvalue weighted by Gasteiger charge is 2.02. The van der Waals surface area contributed by atoms with Crippen LogP contribution in [0.3, 0.4) is 0 Å². The molecule has 0 atom stereocenters. The SMILES string of the molecule is O=C(CCCCCCCCC(=O)Nc1cccnc1)NO. The molecule has 0 unspecified atom stereocenters. The van der Waals surface area contributed by atoms with Crippen LogP contribution in [0.25, 0.3) is 0 Å². The van der Waals surface area contributed by atoms with E-state index in [1.807, 2.05) is 6.07 Å². The molecule has 0 aliphatic rings. The zero-order valence-electron chi connectivity index (χ0n) is 12.2. The third-order valence-corrected chi connectivity index (χ3v) is 3.13. The van der Waals surface area contributed by atoms with Crippen LogP contribution in [-0.4, -0.2) is 22.0 Å². The van der Waals surface area contributed by atoms with Gasteiger partial charge in [-0.1, -0.05) is 25.7 Å². The third-order valence-electron chi connectivity index (χ3n) is 3.13. The number of nitrogens with one attached hydrogen (secondary N) is 2. The molecule has 0 aliphatic carbocycles. The number of hydrogen-bond donors (Lipinski definition) is 3. The van der Waals surface area contributed by atoms with Crippen molar-refractivity contribution in [3.63, 3.8) is 0 Å². The van der Waals surface area contributed by atoms with E-state index >= 15 is 0 Å². The molecule has 0 radical (unpaired) electrons. The summed E-state index contributed by atoms with van der Waals surface area (Å²) in [5.41, 5.74) is 2.35. The van der Waals surface area contributed by atoms with Crippen molar-refractivity contribution < 1.29 is 14.8 Å². The van der Waals surface area contributed by atoms with E-state index in [-0.39, 0.29) is 11.8 Å². The van der Waals surface area contributed by atoms with Crippen molar-refractivity contribution in [2.75, 3.05) is 5.32 Å². The van der Waals surface area contributed by atoms with Gasteiger partial charge < -0.3 is 5.32 Å². The molecule has 0 aliphatic heterocycles. The van der Waals surface area contributed by atoms with Gasteiger partial charge in [0.15, 0.2) is 0 Å². The molecule has 0 aromatic carbocycles. The summed E-state index contributed by atoms with van der Waals surface area (Å²) in [6.07, 6.45) is 9.90. The predicted molar refractivity (Wildman–Crippen MR) is 79.7 cm³/mol. The number of amides is 2. The second-order valence-electron chi connectivity index (χ2n) is 4.95. The summed E-state index contributed by atoms with van der Waals surface area (Å²) in [4.78, 5) is 26.3. The van der Waals surface area contributed by atoms with Crippen LogP contribution in [0.1, 0.15) is 51.4 Å². The summed E-state index contributed by atoms with van der Waals surface area (Å²) < 4.78 is 0. The summed E-state index contributed by atoms with van der Waals surface area (Å²) in [5, 5.41) is 11.1. The summed E-state index contributed by atoms with van der Waals surface area (Å²) >= 11 is 0. The highest BCUT2D eigenvalue weighted by atomic mass is 16.5. The highest BCUT2D eigenvalue weighted by molar-refractivity contribution is 5.90. The van der Waals surface area contributed by atoms with Crippen LogP contribution in [0.4, 0.5) is 5.69 Å². The number of anilines is 1. The Labute approximate surface area is 124 Å². The van der Waals surface area contributed by atoms with E-state index < -0.39 is 0 Å². The Morgan fingerprint density at radius 1 is 1.00 bits per heavy atom. The second kappa shape index (κ2) is 10.8. The molecule has 0 saturated carbocycles. The van der Waals surface area contributed by atoms with Gasteiger partial charge in [-0.05, 0) is 25.0 Å². The largest absolute Gasteiger partial charge is 0.325 e. The van der Waals surface area contributed by atoms with Crippen LogP contribution in [-0.2, 0) is 9.59 Å². The van der Waals surface area contributed by atoms with Crippen molar-refractivity contribution in [3.8, 4) is 0 Å². The van der Waals surface area contributed by atoms with Crippen molar-refractivity contribution in [1.82, 2.24) is 10.5 Å². The number of pyridine rings is 1. The Morgan fingerprint density at radius 3 is 2.19 bits per heavy atom. The van der Waals surface area contributed by atoms with E-state index in [4.69, 9.17) is 5.21 Å². The first-order chi connectivity index (χ1) is 10.2. The van der Waals surface area contributed by atoms with Crippen molar-refractivity contribution in [2.24, 2.45) is 0 Å². The lowest BCUT2D eigenvalue weighted by molar-refractivity contribution is -0.129. The van der Waals surface area contributed by atoms with Gasteiger partial charge in [0.05, 0.1) is 11.9 Å². The van der Waals surface area contributed by atoms with E-state index in [1.54, 1.807) is 23.9 Å². The number of carbonyl (C=O) groups excluding carboxylic acids is 2. The number of carbonyl (C=O) groups is 2. The minimum absolute atomic E-state index is 0.0163. The van der Waals surface area contributed by atoms with Crippen LogP contribution in [0.15, 0.2) is 24.5 Å². The van der Waals surface area contributed by atoms with E-state index in [9.17, 15) is 9.59 Å². The molecule has 3 N–H and O–H groups in total. The van der Waals surface area contributed by atoms with Crippen LogP contribution >= 0.6 is 0 Å². The fourth-order valence-electron chi connectivity index (χ4n) is 1.99. The quantitative estimate of drug-likeness (QED) is 0.351. The first-order valence-electron chi connectivity index (χ1n) is 7.35. The van der Waals surface area contributed by atoms with E-state index in [0.29, 0.717) is 12.8 Å². The lowest BCUT2D eigenvalue weighted by Crippen LogP contribution is -2.17. The summed E-state index contributed by atoms with van der Waals surface area (Å²) in [5.74, 6) is -0.315. The summed E-state index contributed by atoms with van der Waals surface area (Å²) in [6, 6.07) is 3.60. The van der Waals surface area contributed by atoms with Gasteiger partial charge in [-0.15, -0.1) is 0 Å². The molecular formula is C15H23N3O3. The molecule has 0 spiro atoms. The highest BCUT2D eigenvalue weighted by Crippen LogP contribution is 2.10. The topological polar surface area (TPSA) is 91.3 Å². The monoisotopic (exact) mass is 293 g/mol. The zero-order valence-corrected chi connectivity index (χ0v) is 12.2. The number of aromatic nitrogens is 1. The van der Waals surface area contributed by atoms with Gasteiger partial charge in [0.2, 0.25) is 11.8 Å². The van der Waals surface area contributed by atoms with E-state index in [0.717, 1.165) is 44.2 Å². The third kappa shape index (κ3) is 8.75. The average molecular weight is 293 g/mol. The molecule has 1 rings (SSSR count). The van der Waals surface area contributed by atoms with Crippen molar-refractivity contribution in [1.29, 1.82) is 0 Å². The molecule has 0 saturated heterocycles. The molecule has 0 fully saturated rings. The lowest BCUT2D eigenvalue weighted by Gasteiger charge is -2.04. The van der Waals surface area contributed by atoms with Gasteiger partial charge in [-0.25, -0.2) is 5.48 Å². The van der Waals surface area contributed by atoms with Gasteiger partial charge in [0, 0.05) is 19.0 Å². The molecule has 2 amide bonds. The lowest BCUT2D eigenvalue weighted by atomic mass is 10.1. The van der Waals surface area contributed by atoms with Gasteiger partial charge in [0.25, 0.3) is 0 Å². The maximum absolute atomic E-state index is 11.6. The Hall–Kier alpha value is -1.95. The average Bonchev–Trinajstić information content (AvgIpc) is 2.50. The standard InChI is InChI=1S/C15H23N3O3/c19-14(17-13-8-7-11-16-12-13)9-5-3-1-2-4-6-10-15(20)18-21/h7-8,11-12,21H,1-6,9-10H2,(H,17,19)(H,18,20). The van der Waals surface area contributed by atoms with Crippen molar-refractivity contribution >= 4 is 17.5 Å². The Morgan fingerprint density at radius 2 is 1.62 bits per heavy atom. The number of unbranched alkanes of at least 4 members (excludes halogenated alkanes) is 5. The van der Waals surface area contributed by atoms with E-state index in [2.05, 4.69) is 10.3 Å². The number of rotatable bonds is 10. The second-order valence-corrected chi connectivity index (χ2v) is 4.95. The minimum atomic E-state index is -0.331. The molecule has 1 heterocycles. The molecule has 1 aromatic rings. The van der Waals surface area contributed by atoms with Crippen LogP contribution < -0.4 is 10.8 Å². The predicted octanol–water partition coefficient (Wildman–Crippen LogP) is 2.65. The maximum atomic E-state index is 11.6. The fourth-order valence-corrected chi connectivity index (χ4v) is 1.99. The van der Waals surface area contributed by atoms with Crippen LogP contribution in [0.5, 0.6) is 0 Å². The molecule has 6 nitrogen and oxygen atoms in total. The first kappa shape index (κ1) is 17.1. The molecule has 1 aromatic heterocycles. The minimum Gasteiger partial charge on any atom is -0.325 e. The number of hydroxylamine groups is 1. The van der Waals surface area contributed by atoms with E-state index in [1.165, 1.54) is 0 Å². The fraction of sp³-hybridized carbons (Fsp3) is 0.533. The summed E-state index contributed by atoms with van der Waals surface area (Å²) in [6.45, 7) is 0. The van der Waals surface area contributed by atoms with Gasteiger partial charge in [-0.3, -0.25) is 19.8 Å². The molecular weight excluding hydrogens is 270 g/mol. The molecule has 0 bridgehead atoms. The van der Waals surface area contributed by atoms with Crippen LogP contribution in [0.2, 0.25) is 0 Å². The summed E-state index contributed by atoms with van der Waals surface area (Å²) in [7, 11) is 0. The maximum Gasteiger partial charge on any atom is 0.243 e. The Bertz CT molecular complexity index is 423. The molecule has 116 valence electrons. The smallest absolute Gasteiger partial charge is 0.243 e. The number of hydrogen-bond acceptors (Lipinski definition) is 4. The van der Waals surface area contributed by atoms with Gasteiger partial charge in [0.1, 0.15) is 0 Å². The first-order valence-corrected chi connectivity index (χ1v) is 7.35. The normalized spacial score (nSPS) is 10.1. The Balaban J connectivity index is 1.94. The van der Waals surface area contributed by atoms with Crippen molar-refractivity contribution in [2.45, 2.75) is 51.4 Å². The number of nitrogens with zero attached hydrogens (tertiary/aromatic N) is 1. The van der Waals surface area contributed by atoms with Gasteiger partial charge >= 0.3 is 0 Å². The van der Waals surface area contributed by atoms with Crippen molar-refractivity contribution in [3.05, 3.63) is 24.5 Å². The van der Waals surface area contributed by atoms with Gasteiger partial charge in [-0.2, -0.15) is 0 Å². The molecule has 6 heteroatoms. The zero-order chi connectivity index (χ0) is 15.3.